The van der Waals surface area contributed by atoms with Gasteiger partial charge in [-0.25, -0.2) is 0 Å². The number of hydrogen-bond donors (Lipinski definition) is 1. The molecule has 0 aliphatic carbocycles. The van der Waals surface area contributed by atoms with Gasteiger partial charge in [-0.1, -0.05) is 0 Å². The van der Waals surface area contributed by atoms with Crippen molar-refractivity contribution in [2.75, 3.05) is 39.4 Å². The lowest BCUT2D eigenvalue weighted by Gasteiger charge is -2.43. The normalized spacial score (nSPS) is 19.6. The van der Waals surface area contributed by atoms with Gasteiger partial charge in [0.15, 0.2) is 0 Å². The molecule has 0 spiro atoms. The molecular weight excluding hydrogens is 354 g/mol. The summed E-state index contributed by atoms with van der Waals surface area (Å²) in [4.78, 5) is 17.2. The van der Waals surface area contributed by atoms with Gasteiger partial charge in [0.2, 0.25) is 0 Å². The number of ether oxygens (including phenoxy) is 1. The van der Waals surface area contributed by atoms with Crippen LogP contribution >= 0.6 is 12.4 Å². The lowest BCUT2D eigenvalue weighted by atomic mass is 9.97. The first-order chi connectivity index (χ1) is 12.2. The van der Waals surface area contributed by atoms with Crippen molar-refractivity contribution in [2.24, 2.45) is 5.73 Å². The maximum atomic E-state index is 12.6. The highest BCUT2D eigenvalue weighted by Gasteiger charge is 2.32. The molecule has 0 bridgehead atoms. The molecule has 2 fully saturated rings. The molecule has 2 aliphatic rings. The fourth-order valence-electron chi connectivity index (χ4n) is 4.04. The lowest BCUT2D eigenvalue weighted by Crippen LogP contribution is -2.52. The number of nitrogens with zero attached hydrogens (tertiary/aromatic N) is 4. The Morgan fingerprint density at radius 2 is 1.92 bits per heavy atom. The zero-order valence-corrected chi connectivity index (χ0v) is 16.5. The summed E-state index contributed by atoms with van der Waals surface area (Å²) in [5, 5.41) is 4.35. The van der Waals surface area contributed by atoms with Crippen molar-refractivity contribution in [1.29, 1.82) is 0 Å². The van der Waals surface area contributed by atoms with Gasteiger partial charge < -0.3 is 15.4 Å². The number of aromatic nitrogens is 2. The highest BCUT2D eigenvalue weighted by atomic mass is 35.5. The van der Waals surface area contributed by atoms with Gasteiger partial charge >= 0.3 is 0 Å². The second kappa shape index (κ2) is 10.3. The van der Waals surface area contributed by atoms with E-state index in [0.29, 0.717) is 24.3 Å². The van der Waals surface area contributed by atoms with Gasteiger partial charge in [0.1, 0.15) is 5.69 Å². The predicted molar refractivity (Wildman–Crippen MR) is 104 cm³/mol. The molecule has 3 heterocycles. The molecule has 7 nitrogen and oxygen atoms in total. The number of rotatable bonds is 6. The van der Waals surface area contributed by atoms with Crippen molar-refractivity contribution in [1.82, 2.24) is 19.6 Å². The molecule has 2 saturated heterocycles. The number of carbonyl (C=O) groups is 1. The van der Waals surface area contributed by atoms with E-state index in [4.69, 9.17) is 10.5 Å². The maximum absolute atomic E-state index is 12.6. The van der Waals surface area contributed by atoms with Crippen molar-refractivity contribution in [3.8, 4) is 0 Å². The van der Waals surface area contributed by atoms with Crippen molar-refractivity contribution in [3.05, 3.63) is 18.0 Å². The third-order valence-electron chi connectivity index (χ3n) is 5.45. The first kappa shape index (κ1) is 21.2. The highest BCUT2D eigenvalue weighted by molar-refractivity contribution is 5.92. The summed E-state index contributed by atoms with van der Waals surface area (Å²) in [6, 6.07) is 2.91. The second-order valence-electron chi connectivity index (χ2n) is 6.95. The molecule has 26 heavy (non-hydrogen) atoms. The Balaban J connectivity index is 0.00000243. The molecule has 0 aromatic carbocycles. The minimum Gasteiger partial charge on any atom is -0.381 e. The third kappa shape index (κ3) is 4.97. The molecule has 8 heteroatoms. The number of carbonyl (C=O) groups excluding carboxylic acids is 1. The summed E-state index contributed by atoms with van der Waals surface area (Å²) in [7, 11) is 0. The third-order valence-corrected chi connectivity index (χ3v) is 5.45. The second-order valence-corrected chi connectivity index (χ2v) is 6.95. The topological polar surface area (TPSA) is 76.6 Å². The molecular formula is C18H32ClN5O2. The van der Waals surface area contributed by atoms with Crippen molar-refractivity contribution >= 4 is 18.3 Å². The van der Waals surface area contributed by atoms with Gasteiger partial charge in [-0.3, -0.25) is 14.4 Å². The van der Waals surface area contributed by atoms with Gasteiger partial charge in [-0.15, -0.1) is 12.4 Å². The number of hydrogen-bond acceptors (Lipinski definition) is 5. The van der Waals surface area contributed by atoms with Crippen LogP contribution in [0.15, 0.2) is 12.3 Å². The number of aryl methyl sites for hydroxylation is 1. The van der Waals surface area contributed by atoms with E-state index >= 15 is 0 Å². The Labute approximate surface area is 162 Å². The van der Waals surface area contributed by atoms with Crippen molar-refractivity contribution in [2.45, 2.75) is 51.2 Å². The quantitative estimate of drug-likeness (QED) is 0.800. The first-order valence-electron chi connectivity index (χ1n) is 9.59. The summed E-state index contributed by atoms with van der Waals surface area (Å²) < 4.78 is 7.30. The average molecular weight is 386 g/mol. The van der Waals surface area contributed by atoms with Crippen molar-refractivity contribution in [3.63, 3.8) is 0 Å². The Morgan fingerprint density at radius 1 is 1.27 bits per heavy atom. The molecule has 1 aromatic heterocycles. The summed E-state index contributed by atoms with van der Waals surface area (Å²) in [6.07, 6.45) is 6.07. The van der Waals surface area contributed by atoms with E-state index < -0.39 is 0 Å². The summed E-state index contributed by atoms with van der Waals surface area (Å²) >= 11 is 0. The van der Waals surface area contributed by atoms with Crippen LogP contribution in [0.2, 0.25) is 0 Å². The fourth-order valence-corrected chi connectivity index (χ4v) is 4.04. The summed E-state index contributed by atoms with van der Waals surface area (Å²) in [5.41, 5.74) is 6.42. The zero-order chi connectivity index (χ0) is 17.6. The van der Waals surface area contributed by atoms with Crippen LogP contribution in [0.5, 0.6) is 0 Å². The van der Waals surface area contributed by atoms with Gasteiger partial charge in [-0.05, 0) is 38.7 Å². The van der Waals surface area contributed by atoms with E-state index in [1.165, 1.54) is 0 Å². The van der Waals surface area contributed by atoms with Crippen LogP contribution in [0.1, 0.15) is 43.1 Å². The van der Waals surface area contributed by atoms with Gasteiger partial charge in [0.05, 0.1) is 0 Å². The van der Waals surface area contributed by atoms with Crippen LogP contribution in [0.25, 0.3) is 0 Å². The SMILES string of the molecule is CCn1ccc(C(=O)N2CCC(N(CCN)C3CCOCC3)CC2)n1.Cl. The first-order valence-corrected chi connectivity index (χ1v) is 9.59. The average Bonchev–Trinajstić information content (AvgIpc) is 3.16. The zero-order valence-electron chi connectivity index (χ0n) is 15.7. The smallest absolute Gasteiger partial charge is 0.274 e. The number of nitrogens with two attached hydrogens (primary N) is 1. The van der Waals surface area contributed by atoms with Crippen LogP contribution < -0.4 is 5.73 Å². The van der Waals surface area contributed by atoms with Crippen LogP contribution in [0.3, 0.4) is 0 Å². The molecule has 0 radical (unpaired) electrons. The lowest BCUT2D eigenvalue weighted by molar-refractivity contribution is 0.00410. The Bertz CT molecular complexity index is 554. The van der Waals surface area contributed by atoms with Crippen LogP contribution in [0, 0.1) is 0 Å². The maximum Gasteiger partial charge on any atom is 0.274 e. The summed E-state index contributed by atoms with van der Waals surface area (Å²) in [5.74, 6) is 0.0575. The predicted octanol–water partition coefficient (Wildman–Crippen LogP) is 1.37. The molecule has 2 N–H and O–H groups in total. The van der Waals surface area contributed by atoms with Crippen LogP contribution in [-0.2, 0) is 11.3 Å². The van der Waals surface area contributed by atoms with Gasteiger partial charge in [-0.2, -0.15) is 5.10 Å². The van der Waals surface area contributed by atoms with E-state index in [0.717, 1.165) is 65.1 Å². The monoisotopic (exact) mass is 385 g/mol. The molecule has 0 saturated carbocycles. The standard InChI is InChI=1S/C18H31N5O2.ClH/c1-2-22-11-5-17(20-22)18(24)21-9-3-15(4-10-21)23(12-8-19)16-6-13-25-14-7-16;/h5,11,15-16H,2-4,6-10,12-14,19H2,1H3;1H. The molecule has 148 valence electrons. The van der Waals surface area contributed by atoms with Gasteiger partial charge in [0, 0.05) is 64.2 Å². The minimum atomic E-state index is 0. The highest BCUT2D eigenvalue weighted by Crippen LogP contribution is 2.24. The molecule has 3 rings (SSSR count). The molecule has 0 atom stereocenters. The largest absolute Gasteiger partial charge is 0.381 e. The Morgan fingerprint density at radius 3 is 2.50 bits per heavy atom. The van der Waals surface area contributed by atoms with E-state index in [9.17, 15) is 4.79 Å². The summed E-state index contributed by atoms with van der Waals surface area (Å²) in [6.45, 7) is 7.73. The van der Waals surface area contributed by atoms with E-state index in [1.807, 2.05) is 24.1 Å². The van der Waals surface area contributed by atoms with Gasteiger partial charge in [0.25, 0.3) is 5.91 Å². The molecule has 2 aliphatic heterocycles. The number of amides is 1. The number of halogens is 1. The molecule has 1 aromatic rings. The molecule has 1 amide bonds. The van der Waals surface area contributed by atoms with E-state index in [1.54, 1.807) is 4.68 Å². The van der Waals surface area contributed by atoms with Crippen LogP contribution in [0.4, 0.5) is 0 Å². The number of likely N-dealkylation sites (tertiary alicyclic amines) is 1. The molecule has 0 unspecified atom stereocenters. The van der Waals surface area contributed by atoms with E-state index in [2.05, 4.69) is 10.00 Å². The Kier molecular flexibility index (Phi) is 8.34. The Hall–Kier alpha value is -1.15. The minimum absolute atomic E-state index is 0. The van der Waals surface area contributed by atoms with E-state index in [-0.39, 0.29) is 18.3 Å². The number of piperidine rings is 1. The van der Waals surface area contributed by atoms with Crippen LogP contribution in [-0.4, -0.2) is 77.0 Å². The fraction of sp³-hybridized carbons (Fsp3) is 0.778. The van der Waals surface area contributed by atoms with Crippen molar-refractivity contribution < 1.29 is 9.53 Å².